The summed E-state index contributed by atoms with van der Waals surface area (Å²) in [6.07, 6.45) is 0.454. The Morgan fingerprint density at radius 3 is 2.85 bits per heavy atom. The zero-order valence-electron chi connectivity index (χ0n) is 10.3. The van der Waals surface area contributed by atoms with Gasteiger partial charge in [-0.25, -0.2) is 0 Å². The second-order valence-electron chi connectivity index (χ2n) is 4.67. The Morgan fingerprint density at radius 1 is 1.25 bits per heavy atom. The van der Waals surface area contributed by atoms with Crippen LogP contribution >= 0.6 is 50.1 Å². The van der Waals surface area contributed by atoms with Crippen molar-refractivity contribution in [1.29, 1.82) is 0 Å². The predicted molar refractivity (Wildman–Crippen MR) is 93.7 cm³/mol. The number of carbonyl (C=O) groups is 1. The standard InChI is InChI=1S/C15H10BrClINO/c16-15(11-7-10(17)2-3-12(11)18)8-1-4-13-9(5-8)6-14(20)19-13/h1-5,7,15H,6H2,(H,19,20). The van der Waals surface area contributed by atoms with Crippen LogP contribution in [0.15, 0.2) is 36.4 Å². The Balaban J connectivity index is 1.99. The van der Waals surface area contributed by atoms with Gasteiger partial charge in [-0.2, -0.15) is 0 Å². The third-order valence-electron chi connectivity index (χ3n) is 3.28. The summed E-state index contributed by atoms with van der Waals surface area (Å²) < 4.78 is 1.16. The first-order chi connectivity index (χ1) is 9.54. The molecule has 5 heteroatoms. The van der Waals surface area contributed by atoms with Crippen LogP contribution in [0, 0.1) is 3.57 Å². The van der Waals surface area contributed by atoms with Crippen LogP contribution in [0.5, 0.6) is 0 Å². The summed E-state index contributed by atoms with van der Waals surface area (Å²) in [4.78, 5) is 11.5. The zero-order chi connectivity index (χ0) is 14.3. The highest BCUT2D eigenvalue weighted by Crippen LogP contribution is 2.37. The van der Waals surface area contributed by atoms with Crippen molar-refractivity contribution < 1.29 is 4.79 Å². The lowest BCUT2D eigenvalue weighted by Crippen LogP contribution is -2.03. The van der Waals surface area contributed by atoms with E-state index in [-0.39, 0.29) is 10.7 Å². The van der Waals surface area contributed by atoms with E-state index in [4.69, 9.17) is 11.6 Å². The average Bonchev–Trinajstić information content (AvgIpc) is 2.79. The zero-order valence-corrected chi connectivity index (χ0v) is 14.8. The molecular weight excluding hydrogens is 452 g/mol. The van der Waals surface area contributed by atoms with Gasteiger partial charge in [0.15, 0.2) is 0 Å². The smallest absolute Gasteiger partial charge is 0.228 e. The van der Waals surface area contributed by atoms with E-state index in [1.807, 2.05) is 30.3 Å². The third kappa shape index (κ3) is 2.73. The topological polar surface area (TPSA) is 29.1 Å². The number of alkyl halides is 1. The molecule has 0 bridgehead atoms. The van der Waals surface area contributed by atoms with Crippen LogP contribution in [-0.4, -0.2) is 5.91 Å². The number of rotatable bonds is 2. The first-order valence-electron chi connectivity index (χ1n) is 6.06. The van der Waals surface area contributed by atoms with Crippen molar-refractivity contribution in [3.63, 3.8) is 0 Å². The van der Waals surface area contributed by atoms with E-state index in [2.05, 4.69) is 49.9 Å². The molecule has 0 aromatic heterocycles. The summed E-state index contributed by atoms with van der Waals surface area (Å²) in [7, 11) is 0. The minimum absolute atomic E-state index is 0.0561. The molecule has 1 aliphatic heterocycles. The number of hydrogen-bond donors (Lipinski definition) is 1. The number of carbonyl (C=O) groups excluding carboxylic acids is 1. The monoisotopic (exact) mass is 461 g/mol. The molecule has 0 saturated heterocycles. The number of anilines is 1. The van der Waals surface area contributed by atoms with Crippen molar-refractivity contribution in [2.24, 2.45) is 0 Å². The highest BCUT2D eigenvalue weighted by atomic mass is 127. The number of benzene rings is 2. The summed E-state index contributed by atoms with van der Waals surface area (Å²) in [6.45, 7) is 0. The molecular formula is C15H10BrClINO. The molecule has 1 amide bonds. The number of fused-ring (bicyclic) bond motifs is 1. The Kier molecular flexibility index (Phi) is 4.06. The lowest BCUT2D eigenvalue weighted by Gasteiger charge is -2.14. The molecule has 1 unspecified atom stereocenters. The molecule has 1 atom stereocenters. The normalized spacial score (nSPS) is 14.8. The van der Waals surface area contributed by atoms with Gasteiger partial charge in [-0.1, -0.05) is 39.7 Å². The van der Waals surface area contributed by atoms with E-state index >= 15 is 0 Å². The quantitative estimate of drug-likeness (QED) is 0.498. The highest BCUT2D eigenvalue weighted by Gasteiger charge is 2.20. The summed E-state index contributed by atoms with van der Waals surface area (Å²) in [5.41, 5.74) is 4.23. The first kappa shape index (κ1) is 14.4. The van der Waals surface area contributed by atoms with Crippen molar-refractivity contribution in [2.45, 2.75) is 11.2 Å². The van der Waals surface area contributed by atoms with E-state index in [0.29, 0.717) is 6.42 Å². The molecule has 20 heavy (non-hydrogen) atoms. The maximum absolute atomic E-state index is 11.4. The number of hydrogen-bond acceptors (Lipinski definition) is 1. The summed E-state index contributed by atoms with van der Waals surface area (Å²) in [5, 5.41) is 3.57. The largest absolute Gasteiger partial charge is 0.326 e. The molecule has 1 aliphatic rings. The molecule has 0 saturated carbocycles. The Bertz CT molecular complexity index is 704. The maximum atomic E-state index is 11.4. The number of amides is 1. The molecule has 102 valence electrons. The molecule has 2 aromatic carbocycles. The fraction of sp³-hybridized carbons (Fsp3) is 0.133. The molecule has 2 nitrogen and oxygen atoms in total. The first-order valence-corrected chi connectivity index (χ1v) is 8.43. The van der Waals surface area contributed by atoms with E-state index < -0.39 is 0 Å². The van der Waals surface area contributed by atoms with Gasteiger partial charge < -0.3 is 5.32 Å². The number of nitrogens with one attached hydrogen (secondary N) is 1. The molecule has 0 radical (unpaired) electrons. The number of halogens is 3. The van der Waals surface area contributed by atoms with Crippen LogP contribution in [-0.2, 0) is 11.2 Å². The minimum Gasteiger partial charge on any atom is -0.326 e. The van der Waals surface area contributed by atoms with Crippen molar-refractivity contribution in [3.8, 4) is 0 Å². The Labute approximate surface area is 144 Å². The maximum Gasteiger partial charge on any atom is 0.228 e. The fourth-order valence-electron chi connectivity index (χ4n) is 2.30. The van der Waals surface area contributed by atoms with Crippen LogP contribution in [0.4, 0.5) is 5.69 Å². The lowest BCUT2D eigenvalue weighted by atomic mass is 10.0. The molecule has 3 rings (SSSR count). The van der Waals surface area contributed by atoms with Crippen molar-refractivity contribution in [2.75, 3.05) is 5.32 Å². The molecule has 2 aromatic rings. The predicted octanol–water partition coefficient (Wildman–Crippen LogP) is 4.92. The van der Waals surface area contributed by atoms with E-state index in [0.717, 1.165) is 31.0 Å². The van der Waals surface area contributed by atoms with Crippen LogP contribution in [0.25, 0.3) is 0 Å². The van der Waals surface area contributed by atoms with Gasteiger partial charge in [0.1, 0.15) is 0 Å². The molecule has 0 aliphatic carbocycles. The van der Waals surface area contributed by atoms with Crippen molar-refractivity contribution >= 4 is 61.7 Å². The average molecular weight is 463 g/mol. The summed E-state index contributed by atoms with van der Waals surface area (Å²) in [6, 6.07) is 11.9. The second kappa shape index (κ2) is 5.66. The Morgan fingerprint density at radius 2 is 2.05 bits per heavy atom. The Hall–Kier alpha value is -0.590. The van der Waals surface area contributed by atoms with E-state index in [1.165, 1.54) is 0 Å². The van der Waals surface area contributed by atoms with Gasteiger partial charge >= 0.3 is 0 Å². The molecule has 0 fully saturated rings. The van der Waals surface area contributed by atoms with Crippen LogP contribution in [0.2, 0.25) is 5.02 Å². The van der Waals surface area contributed by atoms with Gasteiger partial charge in [0, 0.05) is 14.3 Å². The van der Waals surface area contributed by atoms with Crippen LogP contribution in [0.3, 0.4) is 0 Å². The van der Waals surface area contributed by atoms with Crippen molar-refractivity contribution in [3.05, 3.63) is 61.7 Å². The lowest BCUT2D eigenvalue weighted by molar-refractivity contribution is -0.115. The van der Waals surface area contributed by atoms with Gasteiger partial charge in [-0.05, 0) is 63.5 Å². The fourth-order valence-corrected chi connectivity index (χ4v) is 4.21. The minimum atomic E-state index is 0.0561. The molecule has 1 N–H and O–H groups in total. The van der Waals surface area contributed by atoms with Crippen LogP contribution in [0.1, 0.15) is 21.5 Å². The van der Waals surface area contributed by atoms with Gasteiger partial charge in [0.25, 0.3) is 0 Å². The summed E-state index contributed by atoms with van der Waals surface area (Å²) >= 11 is 12.1. The van der Waals surface area contributed by atoms with Gasteiger partial charge in [-0.3, -0.25) is 4.79 Å². The van der Waals surface area contributed by atoms with Gasteiger partial charge in [-0.15, -0.1) is 0 Å². The highest BCUT2D eigenvalue weighted by molar-refractivity contribution is 14.1. The second-order valence-corrected chi connectivity index (χ2v) is 7.18. The molecule has 1 heterocycles. The third-order valence-corrected chi connectivity index (χ3v) is 5.52. The summed E-state index contributed by atoms with van der Waals surface area (Å²) in [5.74, 6) is 0.0561. The molecule has 0 spiro atoms. The van der Waals surface area contributed by atoms with Crippen molar-refractivity contribution in [1.82, 2.24) is 0 Å². The van der Waals surface area contributed by atoms with Crippen LogP contribution < -0.4 is 5.32 Å². The van der Waals surface area contributed by atoms with E-state index in [9.17, 15) is 4.79 Å². The SMILES string of the molecule is O=C1Cc2cc(C(Br)c3cc(Cl)ccc3I)ccc2N1. The van der Waals surface area contributed by atoms with E-state index in [1.54, 1.807) is 0 Å². The van der Waals surface area contributed by atoms with Gasteiger partial charge in [0.05, 0.1) is 11.2 Å². The van der Waals surface area contributed by atoms with Gasteiger partial charge in [0.2, 0.25) is 5.91 Å².